The Balaban J connectivity index is 0.633. The van der Waals surface area contributed by atoms with Crippen LogP contribution < -0.4 is 10.6 Å². The van der Waals surface area contributed by atoms with Crippen molar-refractivity contribution >= 4 is 66.4 Å². The second kappa shape index (κ2) is 19.2. The number of hydrogen-bond donors (Lipinski definition) is 2. The Morgan fingerprint density at radius 1 is 0.267 bits per heavy atom. The van der Waals surface area contributed by atoms with Crippen LogP contribution >= 0.6 is 0 Å². The first-order valence-electron chi connectivity index (χ1n) is 30.3. The topological polar surface area (TPSA) is 33.9 Å². The molecule has 0 spiro atoms. The summed E-state index contributed by atoms with van der Waals surface area (Å²) in [4.78, 5) is 0. The minimum atomic E-state index is -0.184. The fourth-order valence-electron chi connectivity index (χ4n) is 14.9. The molecule has 86 heavy (non-hydrogen) atoms. The zero-order valence-corrected chi connectivity index (χ0v) is 50.0. The van der Waals surface area contributed by atoms with E-state index < -0.39 is 0 Å². The van der Waals surface area contributed by atoms with Gasteiger partial charge < -0.3 is 19.8 Å². The molecular formula is C82H66N4. The van der Waals surface area contributed by atoms with Gasteiger partial charge in [0.1, 0.15) is 0 Å². The summed E-state index contributed by atoms with van der Waals surface area (Å²) in [5, 5.41) is 12.9. The van der Waals surface area contributed by atoms with Crippen LogP contribution in [0.3, 0.4) is 0 Å². The highest BCUT2D eigenvalue weighted by molar-refractivity contribution is 6.12. The van der Waals surface area contributed by atoms with Crippen molar-refractivity contribution in [3.63, 3.8) is 0 Å². The lowest BCUT2D eigenvalue weighted by atomic mass is 9.81. The molecule has 2 N–H and O–H groups in total. The molecule has 12 aromatic carbocycles. The van der Waals surface area contributed by atoms with Crippen molar-refractivity contribution in [2.75, 3.05) is 10.6 Å². The maximum atomic E-state index is 3.90. The number of rotatable bonds is 9. The quantitative estimate of drug-likeness (QED) is 0.151. The van der Waals surface area contributed by atoms with Crippen LogP contribution in [0.15, 0.2) is 243 Å². The van der Waals surface area contributed by atoms with Crippen molar-refractivity contribution in [2.24, 2.45) is 0 Å². The highest BCUT2D eigenvalue weighted by Gasteiger charge is 2.37. The lowest BCUT2D eigenvalue weighted by molar-refractivity contribution is 0.660. The molecule has 2 heterocycles. The van der Waals surface area contributed by atoms with Gasteiger partial charge in [0.25, 0.3) is 0 Å². The van der Waals surface area contributed by atoms with Gasteiger partial charge in [0.2, 0.25) is 0 Å². The normalized spacial score (nSPS) is 13.5. The fourth-order valence-corrected chi connectivity index (χ4v) is 14.9. The van der Waals surface area contributed by atoms with E-state index in [0.29, 0.717) is 0 Å². The summed E-state index contributed by atoms with van der Waals surface area (Å²) in [5.74, 6) is 0. The molecule has 0 fully saturated rings. The first-order chi connectivity index (χ1) is 41.8. The van der Waals surface area contributed by atoms with E-state index in [0.717, 1.165) is 22.7 Å². The number of fused-ring (bicyclic) bond motifs is 12. The number of aryl methyl sites for hydroxylation is 4. The average molecular weight is 1110 g/mol. The summed E-state index contributed by atoms with van der Waals surface area (Å²) in [7, 11) is 0. The number of hydrogen-bond acceptors (Lipinski definition) is 2. The number of nitrogens with zero attached hydrogens (tertiary/aromatic N) is 2. The molecule has 0 aliphatic heterocycles. The summed E-state index contributed by atoms with van der Waals surface area (Å²) in [6.45, 7) is 18.5. The summed E-state index contributed by atoms with van der Waals surface area (Å²) in [5.41, 5.74) is 34.3. The number of nitrogens with one attached hydrogen (secondary N) is 2. The Hall–Kier alpha value is -10.2. The zero-order valence-electron chi connectivity index (χ0n) is 50.0. The van der Waals surface area contributed by atoms with Gasteiger partial charge >= 0.3 is 0 Å². The number of benzene rings is 12. The number of anilines is 4. The molecular weight excluding hydrogens is 1040 g/mol. The minimum Gasteiger partial charge on any atom is -0.355 e. The molecule has 16 rings (SSSR count). The highest BCUT2D eigenvalue weighted by Crippen LogP contribution is 2.53. The molecule has 0 atom stereocenters. The van der Waals surface area contributed by atoms with E-state index in [9.17, 15) is 0 Å². The van der Waals surface area contributed by atoms with Gasteiger partial charge in [0.05, 0.1) is 22.1 Å². The largest absolute Gasteiger partial charge is 0.355 e. The predicted octanol–water partition coefficient (Wildman–Crippen LogP) is 22.2. The second-order valence-electron chi connectivity index (χ2n) is 25.4. The first-order valence-corrected chi connectivity index (χ1v) is 30.3. The van der Waals surface area contributed by atoms with E-state index >= 15 is 0 Å². The zero-order chi connectivity index (χ0) is 58.3. The third kappa shape index (κ3) is 7.96. The van der Waals surface area contributed by atoms with Crippen LogP contribution in [0.25, 0.3) is 111 Å². The van der Waals surface area contributed by atoms with Crippen molar-refractivity contribution in [2.45, 2.75) is 66.2 Å². The van der Waals surface area contributed by atoms with Crippen LogP contribution in [0.4, 0.5) is 22.7 Å². The van der Waals surface area contributed by atoms with Gasteiger partial charge in [-0.15, -0.1) is 0 Å². The molecule has 0 radical (unpaired) electrons. The van der Waals surface area contributed by atoms with Crippen LogP contribution in [0.2, 0.25) is 0 Å². The lowest BCUT2D eigenvalue weighted by Gasteiger charge is -2.23. The summed E-state index contributed by atoms with van der Waals surface area (Å²) < 4.78 is 4.77. The summed E-state index contributed by atoms with van der Waals surface area (Å²) in [6.07, 6.45) is 0. The minimum absolute atomic E-state index is 0.184. The predicted molar refractivity (Wildman–Crippen MR) is 365 cm³/mol. The molecule has 0 amide bonds. The van der Waals surface area contributed by atoms with Crippen LogP contribution in [-0.2, 0) is 10.8 Å². The maximum absolute atomic E-state index is 3.90. The van der Waals surface area contributed by atoms with Crippen molar-refractivity contribution in [3.05, 3.63) is 287 Å². The van der Waals surface area contributed by atoms with Crippen molar-refractivity contribution in [1.82, 2.24) is 9.13 Å². The molecule has 414 valence electrons. The Morgan fingerprint density at radius 2 is 0.581 bits per heavy atom. The molecule has 4 nitrogen and oxygen atoms in total. The van der Waals surface area contributed by atoms with Gasteiger partial charge in [-0.2, -0.15) is 0 Å². The lowest BCUT2D eigenvalue weighted by Crippen LogP contribution is -2.15. The maximum Gasteiger partial charge on any atom is 0.0541 e. The van der Waals surface area contributed by atoms with Gasteiger partial charge in [-0.1, -0.05) is 149 Å². The van der Waals surface area contributed by atoms with E-state index in [1.54, 1.807) is 0 Å². The van der Waals surface area contributed by atoms with Gasteiger partial charge in [0, 0.05) is 66.5 Å². The van der Waals surface area contributed by atoms with Gasteiger partial charge in [-0.3, -0.25) is 0 Å². The summed E-state index contributed by atoms with van der Waals surface area (Å²) >= 11 is 0. The Kier molecular flexibility index (Phi) is 11.5. The number of aromatic nitrogens is 2. The SMILES string of the molecule is Cc1cc(-c2cc(C)c(Nc3ccc4c(c3)C(C)(C)c3cc(-c5ccc6c(c5)c5ccccc5n6-c5ccccc5)ccc3-4)c(C)c2)cc(C)c1Nc1ccc2c(c1)C(C)(C)c1cc(-c3ccc4c(c3)c3ccccc3n4-c3ccccc3)ccc1-2. The van der Waals surface area contributed by atoms with Crippen LogP contribution in [0, 0.1) is 27.7 Å². The standard InChI is InChI=1S/C82H66N4/c1-49-39-57(40-50(2)79(49)83-59-31-35-65-63-33-27-55(45-71(63)81(5,6)73(65)47-59)53-29-37-77-69(43-53)67-23-15-17-25-75(67)85(77)61-19-11-9-12-20-61)58-41-51(3)80(52(4)42-58)84-60-32-36-66-64-34-28-56(46-72(64)82(7,8)74(66)48-60)54-30-38-78-70(44-54)68-24-16-18-26-76(68)86(78)62-21-13-10-14-22-62/h9-48,83-84H,1-8H3. The molecule has 0 saturated heterocycles. The van der Waals surface area contributed by atoms with E-state index in [-0.39, 0.29) is 10.8 Å². The van der Waals surface area contributed by atoms with Crippen molar-refractivity contribution in [1.29, 1.82) is 0 Å². The molecule has 4 heteroatoms. The van der Waals surface area contributed by atoms with Crippen LogP contribution in [0.1, 0.15) is 72.2 Å². The average Bonchev–Trinajstić information content (AvgIpc) is 1.82. The van der Waals surface area contributed by atoms with E-state index in [4.69, 9.17) is 0 Å². The van der Waals surface area contributed by atoms with E-state index in [2.05, 4.69) is 318 Å². The van der Waals surface area contributed by atoms with Crippen LogP contribution in [0.5, 0.6) is 0 Å². The third-order valence-corrected chi connectivity index (χ3v) is 19.3. The second-order valence-corrected chi connectivity index (χ2v) is 25.4. The molecule has 2 aliphatic carbocycles. The Morgan fingerprint density at radius 3 is 0.977 bits per heavy atom. The molecule has 2 aliphatic rings. The van der Waals surface area contributed by atoms with Crippen LogP contribution in [-0.4, -0.2) is 9.13 Å². The highest BCUT2D eigenvalue weighted by atomic mass is 15.0. The Bertz CT molecular complexity index is 4770. The molecule has 0 bridgehead atoms. The Labute approximate surface area is 503 Å². The monoisotopic (exact) mass is 1110 g/mol. The fraction of sp³-hybridized carbons (Fsp3) is 0.122. The number of para-hydroxylation sites is 4. The van der Waals surface area contributed by atoms with Crippen molar-refractivity contribution in [3.8, 4) is 67.0 Å². The smallest absolute Gasteiger partial charge is 0.0541 e. The third-order valence-electron chi connectivity index (χ3n) is 19.3. The molecule has 0 saturated carbocycles. The van der Waals surface area contributed by atoms with Gasteiger partial charge in [0.15, 0.2) is 0 Å². The van der Waals surface area contributed by atoms with Gasteiger partial charge in [-0.05, 0) is 249 Å². The van der Waals surface area contributed by atoms with Crippen molar-refractivity contribution < 1.29 is 0 Å². The van der Waals surface area contributed by atoms with E-state index in [1.807, 2.05) is 0 Å². The van der Waals surface area contributed by atoms with Gasteiger partial charge in [-0.25, -0.2) is 0 Å². The first kappa shape index (κ1) is 51.5. The van der Waals surface area contributed by atoms with E-state index in [1.165, 1.54) is 155 Å². The summed E-state index contributed by atoms with van der Waals surface area (Å²) in [6, 6.07) is 90.4. The molecule has 14 aromatic rings. The molecule has 2 aromatic heterocycles. The molecule has 0 unspecified atom stereocenters.